The largest absolute Gasteiger partial charge is 0.481 e. The number of benzene rings is 2. The van der Waals surface area contributed by atoms with Gasteiger partial charge in [0, 0.05) is 23.6 Å². The van der Waals surface area contributed by atoms with Gasteiger partial charge in [-0.3, -0.25) is 4.79 Å². The molecule has 3 rings (SSSR count). The molecule has 3 nitrogen and oxygen atoms in total. The lowest BCUT2D eigenvalue weighted by molar-refractivity contribution is -0.136. The van der Waals surface area contributed by atoms with Crippen LogP contribution in [0.25, 0.3) is 10.9 Å². The Bertz CT molecular complexity index is 774. The number of aromatic nitrogens is 1. The molecular formula is C19H19NO2. The number of aryl methyl sites for hydroxylation is 2. The van der Waals surface area contributed by atoms with Crippen LogP contribution in [0, 0.1) is 0 Å². The Morgan fingerprint density at radius 3 is 2.50 bits per heavy atom. The fourth-order valence-electron chi connectivity index (χ4n) is 2.91. The fraction of sp³-hybridized carbons (Fsp3) is 0.211. The van der Waals surface area contributed by atoms with E-state index in [2.05, 4.69) is 34.9 Å². The molecule has 0 spiro atoms. The topological polar surface area (TPSA) is 42.2 Å². The fourth-order valence-corrected chi connectivity index (χ4v) is 2.91. The third-order valence-electron chi connectivity index (χ3n) is 3.92. The number of para-hydroxylation sites is 1. The van der Waals surface area contributed by atoms with Gasteiger partial charge in [-0.1, -0.05) is 48.5 Å². The molecule has 0 aliphatic carbocycles. The van der Waals surface area contributed by atoms with Crippen LogP contribution in [-0.4, -0.2) is 15.6 Å². The number of carbonyl (C=O) groups is 1. The molecule has 2 aromatic carbocycles. The molecule has 0 radical (unpaired) electrons. The smallest absolute Gasteiger partial charge is 0.307 e. The molecule has 22 heavy (non-hydrogen) atoms. The number of hydrogen-bond acceptors (Lipinski definition) is 1. The van der Waals surface area contributed by atoms with Crippen LogP contribution in [0.2, 0.25) is 0 Å². The van der Waals surface area contributed by atoms with Gasteiger partial charge in [-0.2, -0.15) is 0 Å². The van der Waals surface area contributed by atoms with Crippen molar-refractivity contribution in [2.75, 3.05) is 0 Å². The number of aliphatic carboxylic acids is 1. The van der Waals surface area contributed by atoms with E-state index in [4.69, 9.17) is 5.11 Å². The van der Waals surface area contributed by atoms with Gasteiger partial charge < -0.3 is 9.67 Å². The minimum absolute atomic E-state index is 0.0756. The lowest BCUT2D eigenvalue weighted by Gasteiger charge is -2.05. The minimum Gasteiger partial charge on any atom is -0.481 e. The Kier molecular flexibility index (Phi) is 4.24. The second-order valence-corrected chi connectivity index (χ2v) is 5.52. The van der Waals surface area contributed by atoms with Crippen LogP contribution in [0.3, 0.4) is 0 Å². The van der Waals surface area contributed by atoms with Crippen LogP contribution >= 0.6 is 0 Å². The molecule has 1 aromatic heterocycles. The van der Waals surface area contributed by atoms with Crippen LogP contribution < -0.4 is 0 Å². The molecule has 0 fully saturated rings. The molecule has 112 valence electrons. The first kappa shape index (κ1) is 14.4. The van der Waals surface area contributed by atoms with Gasteiger partial charge in [0.05, 0.1) is 6.42 Å². The molecule has 0 aliphatic heterocycles. The molecule has 0 saturated heterocycles. The quantitative estimate of drug-likeness (QED) is 0.749. The lowest BCUT2D eigenvalue weighted by Crippen LogP contribution is -2.00. The molecule has 3 heteroatoms. The van der Waals surface area contributed by atoms with Gasteiger partial charge in [-0.05, 0) is 30.0 Å². The highest BCUT2D eigenvalue weighted by Crippen LogP contribution is 2.22. The summed E-state index contributed by atoms with van der Waals surface area (Å²) in [6.07, 6.45) is 4.13. The van der Waals surface area contributed by atoms with Crippen molar-refractivity contribution in [3.05, 3.63) is 71.9 Å². The van der Waals surface area contributed by atoms with Gasteiger partial charge in [-0.15, -0.1) is 0 Å². The second kappa shape index (κ2) is 6.48. The van der Waals surface area contributed by atoms with Crippen LogP contribution in [0.15, 0.2) is 60.8 Å². The maximum Gasteiger partial charge on any atom is 0.307 e. The van der Waals surface area contributed by atoms with Crippen molar-refractivity contribution in [3.63, 3.8) is 0 Å². The summed E-state index contributed by atoms with van der Waals surface area (Å²) in [5, 5.41) is 10.1. The van der Waals surface area contributed by atoms with E-state index in [-0.39, 0.29) is 6.42 Å². The van der Waals surface area contributed by atoms with Crippen molar-refractivity contribution in [1.29, 1.82) is 0 Å². The minimum atomic E-state index is -0.785. The van der Waals surface area contributed by atoms with Crippen molar-refractivity contribution in [2.45, 2.75) is 25.8 Å². The number of fused-ring (bicyclic) bond motifs is 1. The Hall–Kier alpha value is -2.55. The summed E-state index contributed by atoms with van der Waals surface area (Å²) in [6, 6.07) is 18.5. The number of hydrogen-bond donors (Lipinski definition) is 1. The third kappa shape index (κ3) is 3.19. The maximum absolute atomic E-state index is 11.0. The zero-order chi connectivity index (χ0) is 15.4. The normalized spacial score (nSPS) is 10.9. The molecule has 0 bridgehead atoms. The van der Waals surface area contributed by atoms with Crippen LogP contribution in [0.5, 0.6) is 0 Å². The standard InChI is InChI=1S/C19H19NO2/c21-19(22)13-16-14-20(18-11-5-4-10-17(16)18)12-6-9-15-7-2-1-3-8-15/h1-5,7-8,10-11,14H,6,9,12-13H2,(H,21,22). The van der Waals surface area contributed by atoms with E-state index in [0.717, 1.165) is 35.9 Å². The van der Waals surface area contributed by atoms with Gasteiger partial charge in [0.2, 0.25) is 0 Å². The summed E-state index contributed by atoms with van der Waals surface area (Å²) in [7, 11) is 0. The molecule has 0 unspecified atom stereocenters. The van der Waals surface area contributed by atoms with E-state index < -0.39 is 5.97 Å². The van der Waals surface area contributed by atoms with Crippen molar-refractivity contribution >= 4 is 16.9 Å². The van der Waals surface area contributed by atoms with E-state index in [0.29, 0.717) is 0 Å². The van der Waals surface area contributed by atoms with E-state index in [9.17, 15) is 4.79 Å². The van der Waals surface area contributed by atoms with Gasteiger partial charge in [0.1, 0.15) is 0 Å². The number of rotatable bonds is 6. The summed E-state index contributed by atoms with van der Waals surface area (Å²) in [5.74, 6) is -0.785. The molecular weight excluding hydrogens is 274 g/mol. The summed E-state index contributed by atoms with van der Waals surface area (Å²) in [6.45, 7) is 0.898. The van der Waals surface area contributed by atoms with Crippen molar-refractivity contribution in [3.8, 4) is 0 Å². The third-order valence-corrected chi connectivity index (χ3v) is 3.92. The average molecular weight is 293 g/mol. The summed E-state index contributed by atoms with van der Waals surface area (Å²) < 4.78 is 2.18. The zero-order valence-electron chi connectivity index (χ0n) is 12.4. The van der Waals surface area contributed by atoms with Gasteiger partial charge in [0.15, 0.2) is 0 Å². The highest BCUT2D eigenvalue weighted by atomic mass is 16.4. The molecule has 0 aliphatic rings. The molecule has 0 saturated carbocycles. The van der Waals surface area contributed by atoms with E-state index in [1.165, 1.54) is 5.56 Å². The Morgan fingerprint density at radius 1 is 1.00 bits per heavy atom. The first-order valence-electron chi connectivity index (χ1n) is 7.56. The van der Waals surface area contributed by atoms with Gasteiger partial charge in [0.25, 0.3) is 0 Å². The second-order valence-electron chi connectivity index (χ2n) is 5.52. The van der Waals surface area contributed by atoms with Gasteiger partial charge in [-0.25, -0.2) is 0 Å². The van der Waals surface area contributed by atoms with E-state index in [1.54, 1.807) is 0 Å². The Labute approximate surface area is 129 Å². The SMILES string of the molecule is O=C(O)Cc1cn(CCCc2ccccc2)c2ccccc12. The van der Waals surface area contributed by atoms with E-state index in [1.807, 2.05) is 30.5 Å². The average Bonchev–Trinajstić information content (AvgIpc) is 2.86. The molecule has 0 atom stereocenters. The highest BCUT2D eigenvalue weighted by molar-refractivity contribution is 5.87. The maximum atomic E-state index is 11.0. The van der Waals surface area contributed by atoms with Crippen molar-refractivity contribution in [2.24, 2.45) is 0 Å². The molecule has 0 amide bonds. The number of carboxylic acids is 1. The molecule has 3 aromatic rings. The van der Waals surface area contributed by atoms with Crippen molar-refractivity contribution < 1.29 is 9.90 Å². The Balaban J connectivity index is 1.77. The number of nitrogens with zero attached hydrogens (tertiary/aromatic N) is 1. The van der Waals surface area contributed by atoms with Crippen LogP contribution in [0.4, 0.5) is 0 Å². The first-order chi connectivity index (χ1) is 10.7. The monoisotopic (exact) mass is 293 g/mol. The van der Waals surface area contributed by atoms with Crippen LogP contribution in [-0.2, 0) is 24.2 Å². The Morgan fingerprint density at radius 2 is 1.73 bits per heavy atom. The predicted octanol–water partition coefficient (Wildman–Crippen LogP) is 3.90. The van der Waals surface area contributed by atoms with Crippen molar-refractivity contribution in [1.82, 2.24) is 4.57 Å². The lowest BCUT2D eigenvalue weighted by atomic mass is 10.1. The number of carboxylic acid groups (broad SMARTS) is 1. The predicted molar refractivity (Wildman–Crippen MR) is 88.0 cm³/mol. The van der Waals surface area contributed by atoms with E-state index >= 15 is 0 Å². The van der Waals surface area contributed by atoms with Gasteiger partial charge >= 0.3 is 5.97 Å². The zero-order valence-corrected chi connectivity index (χ0v) is 12.4. The summed E-state index contributed by atoms with van der Waals surface area (Å²) in [5.41, 5.74) is 3.35. The summed E-state index contributed by atoms with van der Waals surface area (Å²) in [4.78, 5) is 11.0. The molecule has 1 heterocycles. The first-order valence-corrected chi connectivity index (χ1v) is 7.56. The van der Waals surface area contributed by atoms with Crippen LogP contribution in [0.1, 0.15) is 17.5 Å². The molecule has 1 N–H and O–H groups in total. The highest BCUT2D eigenvalue weighted by Gasteiger charge is 2.10. The summed E-state index contributed by atoms with van der Waals surface area (Å²) >= 11 is 0.